The Balaban J connectivity index is 1.94. The summed E-state index contributed by atoms with van der Waals surface area (Å²) in [6, 6.07) is 5.16. The summed E-state index contributed by atoms with van der Waals surface area (Å²) in [5.74, 6) is 0.576. The van der Waals surface area contributed by atoms with Crippen LogP contribution in [-0.2, 0) is 6.54 Å². The first-order valence-electron chi connectivity index (χ1n) is 6.95. The molecule has 2 N–H and O–H groups in total. The lowest BCUT2D eigenvalue weighted by Gasteiger charge is -2.20. The molecule has 0 bridgehead atoms. The molecule has 1 heterocycles. The average Bonchev–Trinajstić information content (AvgIpc) is 2.59. The number of halogens is 1. The topological polar surface area (TPSA) is 29.3 Å². The van der Waals surface area contributed by atoms with Crippen LogP contribution in [0, 0.1) is 11.7 Å². The van der Waals surface area contributed by atoms with E-state index in [1.807, 2.05) is 6.07 Å². The van der Waals surface area contributed by atoms with Gasteiger partial charge in [-0.15, -0.1) is 0 Å². The van der Waals surface area contributed by atoms with Crippen molar-refractivity contribution in [1.82, 2.24) is 4.90 Å². The SMILES string of the molecule is CCC1CCCN(Cc2ccc(N)c(F)c2)CC1. The normalized spacial score (nSPS) is 21.8. The number of nitrogens with two attached hydrogens (primary N) is 1. The molecule has 1 fully saturated rings. The van der Waals surface area contributed by atoms with Gasteiger partial charge in [0.1, 0.15) is 5.82 Å². The van der Waals surface area contributed by atoms with E-state index in [0.29, 0.717) is 0 Å². The molecule has 0 spiro atoms. The zero-order valence-electron chi connectivity index (χ0n) is 11.2. The van der Waals surface area contributed by atoms with Crippen molar-refractivity contribution in [3.63, 3.8) is 0 Å². The molecule has 0 aliphatic carbocycles. The van der Waals surface area contributed by atoms with Crippen molar-refractivity contribution in [1.29, 1.82) is 0 Å². The highest BCUT2D eigenvalue weighted by Gasteiger charge is 2.15. The van der Waals surface area contributed by atoms with Crippen molar-refractivity contribution >= 4 is 5.69 Å². The Morgan fingerprint density at radius 3 is 2.89 bits per heavy atom. The van der Waals surface area contributed by atoms with E-state index in [1.54, 1.807) is 12.1 Å². The van der Waals surface area contributed by atoms with Crippen molar-refractivity contribution in [3.8, 4) is 0 Å². The molecule has 0 radical (unpaired) electrons. The highest BCUT2D eigenvalue weighted by Crippen LogP contribution is 2.22. The minimum atomic E-state index is -0.297. The Morgan fingerprint density at radius 2 is 2.17 bits per heavy atom. The number of nitrogens with zero attached hydrogens (tertiary/aromatic N) is 1. The van der Waals surface area contributed by atoms with E-state index in [1.165, 1.54) is 25.7 Å². The molecule has 2 nitrogen and oxygen atoms in total. The largest absolute Gasteiger partial charge is 0.396 e. The molecule has 100 valence electrons. The third-order valence-electron chi connectivity index (χ3n) is 3.99. The van der Waals surface area contributed by atoms with Crippen LogP contribution < -0.4 is 5.73 Å². The number of hydrogen-bond donors (Lipinski definition) is 1. The van der Waals surface area contributed by atoms with Crippen LogP contribution in [0.1, 0.15) is 38.2 Å². The lowest BCUT2D eigenvalue weighted by atomic mass is 9.98. The Kier molecular flexibility index (Phi) is 4.59. The molecule has 1 aromatic carbocycles. The highest BCUT2D eigenvalue weighted by atomic mass is 19.1. The second kappa shape index (κ2) is 6.19. The number of anilines is 1. The molecule has 1 atom stereocenters. The molecule has 1 aliphatic rings. The quantitative estimate of drug-likeness (QED) is 0.833. The van der Waals surface area contributed by atoms with Crippen molar-refractivity contribution in [2.45, 2.75) is 39.2 Å². The van der Waals surface area contributed by atoms with Gasteiger partial charge in [-0.25, -0.2) is 4.39 Å². The molecule has 1 unspecified atom stereocenters. The smallest absolute Gasteiger partial charge is 0.146 e. The van der Waals surface area contributed by atoms with Gasteiger partial charge in [-0.2, -0.15) is 0 Å². The third-order valence-corrected chi connectivity index (χ3v) is 3.99. The number of benzene rings is 1. The standard InChI is InChI=1S/C15H23FN2/c1-2-12-4-3-8-18(9-7-12)11-13-5-6-15(17)14(16)10-13/h5-6,10,12H,2-4,7-9,11,17H2,1H3. The molecule has 18 heavy (non-hydrogen) atoms. The maximum Gasteiger partial charge on any atom is 0.146 e. The first kappa shape index (κ1) is 13.3. The fraction of sp³-hybridized carbons (Fsp3) is 0.600. The summed E-state index contributed by atoms with van der Waals surface area (Å²) in [6.07, 6.45) is 5.15. The van der Waals surface area contributed by atoms with Crippen LogP contribution >= 0.6 is 0 Å². The molecule has 1 saturated heterocycles. The minimum Gasteiger partial charge on any atom is -0.396 e. The maximum atomic E-state index is 13.4. The van der Waals surface area contributed by atoms with Crippen molar-refractivity contribution in [3.05, 3.63) is 29.6 Å². The van der Waals surface area contributed by atoms with Crippen LogP contribution in [0.4, 0.5) is 10.1 Å². The molecular formula is C15H23FN2. The summed E-state index contributed by atoms with van der Waals surface area (Å²) >= 11 is 0. The second-order valence-corrected chi connectivity index (χ2v) is 5.34. The Morgan fingerprint density at radius 1 is 1.33 bits per heavy atom. The van der Waals surface area contributed by atoms with E-state index in [0.717, 1.165) is 31.1 Å². The van der Waals surface area contributed by atoms with Gasteiger partial charge in [0.15, 0.2) is 0 Å². The maximum absolute atomic E-state index is 13.4. The summed E-state index contributed by atoms with van der Waals surface area (Å²) in [6.45, 7) is 5.37. The van der Waals surface area contributed by atoms with Crippen LogP contribution in [0.3, 0.4) is 0 Å². The Bertz CT molecular complexity index is 392. The summed E-state index contributed by atoms with van der Waals surface area (Å²) in [5.41, 5.74) is 6.76. The molecule has 0 aromatic heterocycles. The van der Waals surface area contributed by atoms with E-state index in [9.17, 15) is 4.39 Å². The van der Waals surface area contributed by atoms with Crippen LogP contribution in [0.2, 0.25) is 0 Å². The van der Waals surface area contributed by atoms with Gasteiger partial charge >= 0.3 is 0 Å². The fourth-order valence-electron chi connectivity index (χ4n) is 2.72. The lowest BCUT2D eigenvalue weighted by molar-refractivity contribution is 0.271. The number of nitrogen functional groups attached to an aromatic ring is 1. The van der Waals surface area contributed by atoms with Crippen LogP contribution in [0.5, 0.6) is 0 Å². The van der Waals surface area contributed by atoms with E-state index in [4.69, 9.17) is 5.73 Å². The lowest BCUT2D eigenvalue weighted by Crippen LogP contribution is -2.24. The van der Waals surface area contributed by atoms with E-state index in [2.05, 4.69) is 11.8 Å². The second-order valence-electron chi connectivity index (χ2n) is 5.34. The van der Waals surface area contributed by atoms with Crippen molar-refractivity contribution < 1.29 is 4.39 Å². The molecule has 3 heteroatoms. The summed E-state index contributed by atoms with van der Waals surface area (Å²) in [5, 5.41) is 0. The van der Waals surface area contributed by atoms with E-state index >= 15 is 0 Å². The Labute approximate surface area is 109 Å². The molecule has 2 rings (SSSR count). The van der Waals surface area contributed by atoms with Gasteiger partial charge in [0, 0.05) is 6.54 Å². The summed E-state index contributed by atoms with van der Waals surface area (Å²) < 4.78 is 13.4. The van der Waals surface area contributed by atoms with Gasteiger partial charge in [-0.3, -0.25) is 4.90 Å². The monoisotopic (exact) mass is 250 g/mol. The van der Waals surface area contributed by atoms with Gasteiger partial charge in [0.05, 0.1) is 5.69 Å². The number of rotatable bonds is 3. The molecule has 1 aliphatic heterocycles. The van der Waals surface area contributed by atoms with Crippen LogP contribution in [0.15, 0.2) is 18.2 Å². The van der Waals surface area contributed by atoms with Crippen LogP contribution in [0.25, 0.3) is 0 Å². The average molecular weight is 250 g/mol. The Hall–Kier alpha value is -1.09. The van der Waals surface area contributed by atoms with Gasteiger partial charge in [0.2, 0.25) is 0 Å². The summed E-state index contributed by atoms with van der Waals surface area (Å²) in [4.78, 5) is 2.43. The van der Waals surface area contributed by atoms with Crippen molar-refractivity contribution in [2.24, 2.45) is 5.92 Å². The van der Waals surface area contributed by atoms with E-state index in [-0.39, 0.29) is 11.5 Å². The highest BCUT2D eigenvalue weighted by molar-refractivity contribution is 5.41. The van der Waals surface area contributed by atoms with Crippen molar-refractivity contribution in [2.75, 3.05) is 18.8 Å². The molecule has 0 saturated carbocycles. The predicted molar refractivity (Wildman–Crippen MR) is 73.7 cm³/mol. The van der Waals surface area contributed by atoms with Gasteiger partial charge in [-0.1, -0.05) is 19.4 Å². The van der Waals surface area contributed by atoms with Gasteiger partial charge in [0.25, 0.3) is 0 Å². The first-order valence-corrected chi connectivity index (χ1v) is 6.95. The fourth-order valence-corrected chi connectivity index (χ4v) is 2.72. The minimum absolute atomic E-state index is 0.237. The molecule has 1 aromatic rings. The molecule has 0 amide bonds. The zero-order chi connectivity index (χ0) is 13.0. The summed E-state index contributed by atoms with van der Waals surface area (Å²) in [7, 11) is 0. The number of likely N-dealkylation sites (tertiary alicyclic amines) is 1. The zero-order valence-corrected chi connectivity index (χ0v) is 11.2. The predicted octanol–water partition coefficient (Wildman–Crippen LogP) is 3.42. The van der Waals surface area contributed by atoms with Crippen LogP contribution in [-0.4, -0.2) is 18.0 Å². The van der Waals surface area contributed by atoms with Gasteiger partial charge < -0.3 is 5.73 Å². The van der Waals surface area contributed by atoms with Gasteiger partial charge in [-0.05, 0) is 56.0 Å². The third kappa shape index (κ3) is 3.45. The number of hydrogen-bond acceptors (Lipinski definition) is 2. The molecular weight excluding hydrogens is 227 g/mol. The van der Waals surface area contributed by atoms with E-state index < -0.39 is 0 Å². The first-order chi connectivity index (χ1) is 8.69.